The summed E-state index contributed by atoms with van der Waals surface area (Å²) in [4.78, 5) is 30.9. The molecular weight excluding hydrogens is 378 g/mol. The number of benzene rings is 2. The minimum absolute atomic E-state index is 0.176. The first kappa shape index (κ1) is 18.5. The van der Waals surface area contributed by atoms with Gasteiger partial charge < -0.3 is 10.2 Å². The number of amides is 2. The molecule has 0 unspecified atom stereocenters. The van der Waals surface area contributed by atoms with E-state index in [-0.39, 0.29) is 11.8 Å². The predicted molar refractivity (Wildman–Crippen MR) is 113 cm³/mol. The highest BCUT2D eigenvalue weighted by molar-refractivity contribution is 6.04. The van der Waals surface area contributed by atoms with E-state index in [1.807, 2.05) is 41.3 Å². The average molecular weight is 401 g/mol. The Labute approximate surface area is 174 Å². The molecule has 2 heterocycles. The van der Waals surface area contributed by atoms with Gasteiger partial charge in [0.1, 0.15) is 5.82 Å². The van der Waals surface area contributed by atoms with Gasteiger partial charge in [-0.05, 0) is 49.1 Å². The van der Waals surface area contributed by atoms with Crippen LogP contribution >= 0.6 is 0 Å². The maximum Gasteiger partial charge on any atom is 0.255 e. The Bertz CT molecular complexity index is 1080. The molecule has 0 spiro atoms. The Balaban J connectivity index is 1.25. The van der Waals surface area contributed by atoms with Crippen molar-refractivity contribution in [1.82, 2.24) is 20.1 Å². The van der Waals surface area contributed by atoms with E-state index >= 15 is 0 Å². The summed E-state index contributed by atoms with van der Waals surface area (Å²) >= 11 is 0. The number of hydrogen-bond donors (Lipinski definition) is 2. The van der Waals surface area contributed by atoms with Gasteiger partial charge in [-0.2, -0.15) is 5.10 Å². The van der Waals surface area contributed by atoms with Crippen molar-refractivity contribution in [2.45, 2.75) is 38.1 Å². The molecule has 1 aliphatic heterocycles. The van der Waals surface area contributed by atoms with Crippen LogP contribution in [0.2, 0.25) is 0 Å². The van der Waals surface area contributed by atoms with Crippen LogP contribution in [0.1, 0.15) is 53.3 Å². The van der Waals surface area contributed by atoms with Crippen molar-refractivity contribution in [2.75, 3.05) is 11.9 Å². The molecule has 3 aromatic rings. The lowest BCUT2D eigenvalue weighted by atomic mass is 10.1. The number of H-pyrrole nitrogens is 1. The number of anilines is 1. The number of nitrogens with one attached hydrogen (secondary N) is 2. The van der Waals surface area contributed by atoms with Crippen LogP contribution in [0.3, 0.4) is 0 Å². The molecule has 5 rings (SSSR count). The van der Waals surface area contributed by atoms with Crippen molar-refractivity contribution in [3.63, 3.8) is 0 Å². The molecule has 1 saturated heterocycles. The second kappa shape index (κ2) is 7.74. The molecule has 1 aromatic heterocycles. The zero-order valence-electron chi connectivity index (χ0n) is 16.6. The molecular formula is C23H23N5O2. The molecule has 1 aliphatic carbocycles. The smallest absolute Gasteiger partial charge is 0.255 e. The monoisotopic (exact) mass is 401 g/mol. The van der Waals surface area contributed by atoms with Crippen LogP contribution in [0.4, 0.5) is 5.69 Å². The number of aromatic nitrogens is 3. The molecule has 2 fully saturated rings. The summed E-state index contributed by atoms with van der Waals surface area (Å²) in [5.74, 6) is 2.13. The van der Waals surface area contributed by atoms with Gasteiger partial charge in [0.15, 0.2) is 5.82 Å². The maximum absolute atomic E-state index is 12.7. The van der Waals surface area contributed by atoms with E-state index in [4.69, 9.17) is 0 Å². The normalized spacial score (nSPS) is 16.1. The van der Waals surface area contributed by atoms with Crippen molar-refractivity contribution >= 4 is 17.5 Å². The topological polar surface area (TPSA) is 91.0 Å². The first-order valence-electron chi connectivity index (χ1n) is 10.4. The largest absolute Gasteiger partial charge is 0.338 e. The maximum atomic E-state index is 12.7. The van der Waals surface area contributed by atoms with Gasteiger partial charge in [-0.15, -0.1) is 0 Å². The van der Waals surface area contributed by atoms with Crippen LogP contribution in [0.15, 0.2) is 48.5 Å². The van der Waals surface area contributed by atoms with Crippen LogP contribution in [0.5, 0.6) is 0 Å². The van der Waals surface area contributed by atoms with Crippen LogP contribution in [0, 0.1) is 0 Å². The van der Waals surface area contributed by atoms with Crippen molar-refractivity contribution in [2.24, 2.45) is 0 Å². The number of aromatic amines is 1. The second-order valence-electron chi connectivity index (χ2n) is 7.97. The summed E-state index contributed by atoms with van der Waals surface area (Å²) in [6.45, 7) is 1.41. The van der Waals surface area contributed by atoms with Gasteiger partial charge in [-0.3, -0.25) is 14.7 Å². The lowest BCUT2D eigenvalue weighted by molar-refractivity contribution is -0.128. The van der Waals surface area contributed by atoms with Crippen molar-refractivity contribution in [3.05, 3.63) is 65.5 Å². The standard InChI is InChI=1S/C23H23N5O2/c29-20-5-2-12-28(20)14-15-6-8-17(9-7-15)23(30)24-19-4-1-3-18(13-19)22-25-21(26-27-22)16-10-11-16/h1,3-4,6-9,13,16H,2,5,10-12,14H2,(H,24,30)(H,25,26,27). The number of nitrogens with zero attached hydrogens (tertiary/aromatic N) is 3. The van der Waals surface area contributed by atoms with E-state index in [0.717, 1.165) is 42.8 Å². The molecule has 2 amide bonds. The number of likely N-dealkylation sites (tertiary alicyclic amines) is 1. The first-order valence-corrected chi connectivity index (χ1v) is 10.4. The van der Waals surface area contributed by atoms with Crippen LogP contribution in [-0.2, 0) is 11.3 Å². The lowest BCUT2D eigenvalue weighted by Gasteiger charge is -2.15. The quantitative estimate of drug-likeness (QED) is 0.659. The predicted octanol–water partition coefficient (Wildman–Crippen LogP) is 3.72. The second-order valence-corrected chi connectivity index (χ2v) is 7.97. The summed E-state index contributed by atoms with van der Waals surface area (Å²) < 4.78 is 0. The Morgan fingerprint density at radius 1 is 1.17 bits per heavy atom. The zero-order chi connectivity index (χ0) is 20.5. The van der Waals surface area contributed by atoms with E-state index in [1.165, 1.54) is 0 Å². The minimum Gasteiger partial charge on any atom is -0.338 e. The number of hydrogen-bond acceptors (Lipinski definition) is 4. The van der Waals surface area contributed by atoms with Crippen molar-refractivity contribution < 1.29 is 9.59 Å². The molecule has 1 saturated carbocycles. The van der Waals surface area contributed by atoms with Crippen molar-refractivity contribution in [1.29, 1.82) is 0 Å². The molecule has 152 valence electrons. The fraction of sp³-hybridized carbons (Fsp3) is 0.304. The van der Waals surface area contributed by atoms with Gasteiger partial charge in [-0.1, -0.05) is 24.3 Å². The first-order chi connectivity index (χ1) is 14.7. The molecule has 2 N–H and O–H groups in total. The fourth-order valence-corrected chi connectivity index (χ4v) is 3.74. The highest BCUT2D eigenvalue weighted by Crippen LogP contribution is 2.38. The van der Waals surface area contributed by atoms with Crippen LogP contribution in [-0.4, -0.2) is 38.4 Å². The zero-order valence-corrected chi connectivity index (χ0v) is 16.6. The third-order valence-electron chi connectivity index (χ3n) is 5.61. The molecule has 0 bridgehead atoms. The van der Waals surface area contributed by atoms with Gasteiger partial charge in [0.25, 0.3) is 5.91 Å². The Morgan fingerprint density at radius 2 is 2.00 bits per heavy atom. The summed E-state index contributed by atoms with van der Waals surface area (Å²) in [6, 6.07) is 15.0. The van der Waals surface area contributed by atoms with E-state index in [2.05, 4.69) is 20.5 Å². The van der Waals surface area contributed by atoms with Crippen LogP contribution in [0.25, 0.3) is 11.4 Å². The highest BCUT2D eigenvalue weighted by Gasteiger charge is 2.27. The minimum atomic E-state index is -0.176. The number of carbonyl (C=O) groups is 2. The van der Waals surface area contributed by atoms with E-state index in [9.17, 15) is 9.59 Å². The Hall–Kier alpha value is -3.48. The van der Waals surface area contributed by atoms with Gasteiger partial charge in [0, 0.05) is 42.2 Å². The summed E-state index contributed by atoms with van der Waals surface area (Å²) in [7, 11) is 0. The van der Waals surface area contributed by atoms with Crippen LogP contribution < -0.4 is 5.32 Å². The average Bonchev–Trinajstić information content (AvgIpc) is 3.35. The third-order valence-corrected chi connectivity index (χ3v) is 5.61. The Kier molecular flexibility index (Phi) is 4.78. The summed E-state index contributed by atoms with van der Waals surface area (Å²) in [5.41, 5.74) is 3.16. The SMILES string of the molecule is O=C(Nc1cccc(-c2n[nH]c(C3CC3)n2)c1)c1ccc(CN2CCCC2=O)cc1. The molecule has 7 nitrogen and oxygen atoms in total. The van der Waals surface area contributed by atoms with Gasteiger partial charge in [0.05, 0.1) is 0 Å². The number of carbonyl (C=O) groups excluding carboxylic acids is 2. The van der Waals surface area contributed by atoms with Gasteiger partial charge in [0.2, 0.25) is 5.91 Å². The molecule has 2 aliphatic rings. The fourth-order valence-electron chi connectivity index (χ4n) is 3.74. The lowest BCUT2D eigenvalue weighted by Crippen LogP contribution is -2.23. The van der Waals surface area contributed by atoms with E-state index < -0.39 is 0 Å². The third kappa shape index (κ3) is 3.96. The molecule has 0 atom stereocenters. The number of rotatable bonds is 6. The summed E-state index contributed by atoms with van der Waals surface area (Å²) in [6.07, 6.45) is 3.89. The summed E-state index contributed by atoms with van der Waals surface area (Å²) in [5, 5.41) is 10.3. The van der Waals surface area contributed by atoms with Crippen molar-refractivity contribution in [3.8, 4) is 11.4 Å². The molecule has 30 heavy (non-hydrogen) atoms. The molecule has 7 heteroatoms. The Morgan fingerprint density at radius 3 is 2.73 bits per heavy atom. The highest BCUT2D eigenvalue weighted by atomic mass is 16.2. The van der Waals surface area contributed by atoms with E-state index in [1.54, 1.807) is 12.1 Å². The molecule has 2 aromatic carbocycles. The van der Waals surface area contributed by atoms with E-state index in [0.29, 0.717) is 36.0 Å². The molecule has 0 radical (unpaired) electrons. The van der Waals surface area contributed by atoms with Gasteiger partial charge in [-0.25, -0.2) is 4.98 Å². The van der Waals surface area contributed by atoms with Gasteiger partial charge >= 0.3 is 0 Å².